The zero-order valence-corrected chi connectivity index (χ0v) is 17.5. The van der Waals surface area contributed by atoms with Crippen molar-refractivity contribution in [3.05, 3.63) is 47.3 Å². The lowest BCUT2D eigenvalue weighted by Crippen LogP contribution is -2.31. The molecule has 1 aliphatic rings. The van der Waals surface area contributed by atoms with Crippen molar-refractivity contribution in [2.45, 2.75) is 37.6 Å². The number of thioether (sulfide) groups is 1. The number of carbonyl (C=O) groups excluding carboxylic acids is 3. The summed E-state index contributed by atoms with van der Waals surface area (Å²) >= 11 is 1.20. The molecule has 0 N–H and O–H groups in total. The number of rotatable bonds is 5. The van der Waals surface area contributed by atoms with Crippen LogP contribution in [-0.4, -0.2) is 49.2 Å². The number of fused-ring (bicyclic) bond motifs is 1. The van der Waals surface area contributed by atoms with Crippen molar-refractivity contribution in [3.63, 3.8) is 0 Å². The van der Waals surface area contributed by atoms with E-state index in [-0.39, 0.29) is 24.8 Å². The van der Waals surface area contributed by atoms with Crippen LogP contribution in [0.5, 0.6) is 0 Å². The Morgan fingerprint density at radius 2 is 1.93 bits per heavy atom. The van der Waals surface area contributed by atoms with Crippen LogP contribution in [0.15, 0.2) is 35.5 Å². The van der Waals surface area contributed by atoms with Gasteiger partial charge in [0.25, 0.3) is 5.78 Å². The molecule has 30 heavy (non-hydrogen) atoms. The molecule has 0 unspecified atom stereocenters. The summed E-state index contributed by atoms with van der Waals surface area (Å²) in [6.07, 6.45) is 0.0520. The van der Waals surface area contributed by atoms with E-state index in [1.807, 2.05) is 19.9 Å². The first-order valence-electron chi connectivity index (χ1n) is 9.39. The Morgan fingerprint density at radius 1 is 1.20 bits per heavy atom. The largest absolute Gasteiger partial charge is 0.462 e. The van der Waals surface area contributed by atoms with E-state index in [1.165, 1.54) is 23.9 Å². The second-order valence-corrected chi connectivity index (χ2v) is 7.97. The maximum absolute atomic E-state index is 13.0. The standard InChI is InChI=1S/C20H19N5O4S/c1-4-29-18(28)13-5-7-14(8-6-13)25-16(26)10-15(17(25)27)30-20-23-22-19-21-11(2)9-12(3)24(19)20/h5-9,15H,4,10H2,1-3H3/t15-/m0/s1. The number of carbonyl (C=O) groups is 3. The zero-order valence-electron chi connectivity index (χ0n) is 16.7. The van der Waals surface area contributed by atoms with Crippen LogP contribution < -0.4 is 4.90 Å². The number of hydrogen-bond donors (Lipinski definition) is 0. The third kappa shape index (κ3) is 3.54. The number of esters is 1. The number of amides is 2. The lowest BCUT2D eigenvalue weighted by Gasteiger charge is -2.15. The van der Waals surface area contributed by atoms with Crippen molar-refractivity contribution >= 4 is 41.0 Å². The van der Waals surface area contributed by atoms with Crippen LogP contribution in [-0.2, 0) is 14.3 Å². The molecule has 0 radical (unpaired) electrons. The smallest absolute Gasteiger partial charge is 0.338 e. The number of aromatic nitrogens is 4. The number of ether oxygens (including phenoxy) is 1. The molecule has 1 aromatic carbocycles. The second-order valence-electron chi connectivity index (χ2n) is 6.80. The minimum absolute atomic E-state index is 0.0520. The van der Waals surface area contributed by atoms with E-state index in [0.717, 1.165) is 16.3 Å². The fraction of sp³-hybridized carbons (Fsp3) is 0.300. The monoisotopic (exact) mass is 425 g/mol. The number of hydrogen-bond acceptors (Lipinski definition) is 8. The van der Waals surface area contributed by atoms with Crippen molar-refractivity contribution in [1.82, 2.24) is 19.6 Å². The molecule has 2 aromatic heterocycles. The van der Waals surface area contributed by atoms with Crippen molar-refractivity contribution < 1.29 is 19.1 Å². The summed E-state index contributed by atoms with van der Waals surface area (Å²) in [5, 5.41) is 8.12. The maximum atomic E-state index is 13.0. The van der Waals surface area contributed by atoms with Crippen molar-refractivity contribution in [3.8, 4) is 0 Å². The summed E-state index contributed by atoms with van der Waals surface area (Å²) in [5.41, 5.74) is 2.50. The Kier molecular flexibility index (Phi) is 5.25. The average Bonchev–Trinajstić information content (AvgIpc) is 3.23. The molecule has 0 aliphatic carbocycles. The quantitative estimate of drug-likeness (QED) is 0.453. The molecule has 1 atom stereocenters. The van der Waals surface area contributed by atoms with Gasteiger partial charge in [-0.15, -0.1) is 10.2 Å². The van der Waals surface area contributed by atoms with Gasteiger partial charge in [0, 0.05) is 17.8 Å². The van der Waals surface area contributed by atoms with Crippen LogP contribution in [0.25, 0.3) is 5.78 Å². The predicted molar refractivity (Wildman–Crippen MR) is 109 cm³/mol. The maximum Gasteiger partial charge on any atom is 0.338 e. The van der Waals surface area contributed by atoms with Gasteiger partial charge in [-0.3, -0.25) is 14.0 Å². The van der Waals surface area contributed by atoms with Crippen molar-refractivity contribution in [2.75, 3.05) is 11.5 Å². The van der Waals surface area contributed by atoms with Crippen LogP contribution in [0.1, 0.15) is 35.1 Å². The Bertz CT molecular complexity index is 1160. The van der Waals surface area contributed by atoms with Gasteiger partial charge in [-0.1, -0.05) is 11.8 Å². The van der Waals surface area contributed by atoms with Gasteiger partial charge in [0.2, 0.25) is 11.8 Å². The average molecular weight is 425 g/mol. The third-order valence-corrected chi connectivity index (χ3v) is 5.78. The summed E-state index contributed by atoms with van der Waals surface area (Å²) in [4.78, 5) is 42.8. The summed E-state index contributed by atoms with van der Waals surface area (Å²) in [5.74, 6) is -0.628. The van der Waals surface area contributed by atoms with E-state index in [1.54, 1.807) is 23.5 Å². The minimum atomic E-state index is -0.615. The van der Waals surface area contributed by atoms with Gasteiger partial charge in [0.1, 0.15) is 5.25 Å². The molecule has 0 bridgehead atoms. The van der Waals surface area contributed by atoms with E-state index >= 15 is 0 Å². The van der Waals surface area contributed by atoms with Crippen LogP contribution in [0.4, 0.5) is 5.69 Å². The molecule has 1 aliphatic heterocycles. The zero-order chi connectivity index (χ0) is 21.4. The van der Waals surface area contributed by atoms with Crippen LogP contribution in [0.3, 0.4) is 0 Å². The molecule has 1 saturated heterocycles. The fourth-order valence-electron chi connectivity index (χ4n) is 3.33. The molecular weight excluding hydrogens is 406 g/mol. The highest BCUT2D eigenvalue weighted by atomic mass is 32.2. The number of aryl methyl sites for hydroxylation is 2. The number of benzene rings is 1. The number of imide groups is 1. The molecule has 0 saturated carbocycles. The van der Waals surface area contributed by atoms with E-state index in [9.17, 15) is 14.4 Å². The first-order valence-corrected chi connectivity index (χ1v) is 10.3. The van der Waals surface area contributed by atoms with Crippen LogP contribution in [0.2, 0.25) is 0 Å². The molecule has 0 spiro atoms. The fourth-order valence-corrected chi connectivity index (χ4v) is 4.44. The van der Waals surface area contributed by atoms with E-state index in [2.05, 4.69) is 15.2 Å². The van der Waals surface area contributed by atoms with Gasteiger partial charge in [-0.05, 0) is 51.1 Å². The highest BCUT2D eigenvalue weighted by Crippen LogP contribution is 2.33. The number of anilines is 1. The Balaban J connectivity index is 1.56. The van der Waals surface area contributed by atoms with Gasteiger partial charge >= 0.3 is 5.97 Å². The molecule has 10 heteroatoms. The highest BCUT2D eigenvalue weighted by Gasteiger charge is 2.41. The van der Waals surface area contributed by atoms with Crippen LogP contribution in [0, 0.1) is 13.8 Å². The minimum Gasteiger partial charge on any atom is -0.462 e. The van der Waals surface area contributed by atoms with E-state index in [0.29, 0.717) is 22.2 Å². The van der Waals surface area contributed by atoms with Crippen molar-refractivity contribution in [2.24, 2.45) is 0 Å². The lowest BCUT2D eigenvalue weighted by molar-refractivity contribution is -0.121. The van der Waals surface area contributed by atoms with Gasteiger partial charge in [-0.25, -0.2) is 14.7 Å². The highest BCUT2D eigenvalue weighted by molar-refractivity contribution is 8.00. The Morgan fingerprint density at radius 3 is 2.63 bits per heavy atom. The van der Waals surface area contributed by atoms with E-state index in [4.69, 9.17) is 4.74 Å². The molecule has 4 rings (SSSR count). The summed E-state index contributed by atoms with van der Waals surface area (Å²) in [6, 6.07) is 8.12. The molecule has 2 amide bonds. The van der Waals surface area contributed by atoms with Gasteiger partial charge in [0.15, 0.2) is 5.16 Å². The molecule has 3 aromatic rings. The van der Waals surface area contributed by atoms with Crippen LogP contribution >= 0.6 is 11.8 Å². The summed E-state index contributed by atoms with van der Waals surface area (Å²) in [6.45, 7) is 5.78. The molecule has 154 valence electrons. The SMILES string of the molecule is CCOC(=O)c1ccc(N2C(=O)C[C@H](Sc3nnc4nc(C)cc(C)n34)C2=O)cc1. The molecule has 3 heterocycles. The van der Waals surface area contributed by atoms with Gasteiger partial charge in [0.05, 0.1) is 17.9 Å². The molecule has 9 nitrogen and oxygen atoms in total. The van der Waals surface area contributed by atoms with E-state index < -0.39 is 11.2 Å². The second kappa shape index (κ2) is 7.86. The first kappa shape index (κ1) is 20.0. The third-order valence-electron chi connectivity index (χ3n) is 4.65. The molecule has 1 fully saturated rings. The van der Waals surface area contributed by atoms with Gasteiger partial charge < -0.3 is 4.74 Å². The Hall–Kier alpha value is -3.27. The normalized spacial score (nSPS) is 16.5. The summed E-state index contributed by atoms with van der Waals surface area (Å²) in [7, 11) is 0. The topological polar surface area (TPSA) is 107 Å². The van der Waals surface area contributed by atoms with Crippen molar-refractivity contribution in [1.29, 1.82) is 0 Å². The van der Waals surface area contributed by atoms with Gasteiger partial charge in [-0.2, -0.15) is 0 Å². The Labute approximate surface area is 176 Å². The molecular formula is C20H19N5O4S. The number of nitrogens with zero attached hydrogens (tertiary/aromatic N) is 5. The lowest BCUT2D eigenvalue weighted by atomic mass is 10.2. The predicted octanol–water partition coefficient (Wildman–Crippen LogP) is 2.34. The first-order chi connectivity index (χ1) is 14.4. The summed E-state index contributed by atoms with van der Waals surface area (Å²) < 4.78 is 6.72.